The number of nitrogens with zero attached hydrogens (tertiary/aromatic N) is 3. The van der Waals surface area contributed by atoms with Crippen molar-refractivity contribution >= 4 is 5.95 Å². The Morgan fingerprint density at radius 1 is 1.24 bits per heavy atom. The Morgan fingerprint density at radius 3 is 2.47 bits per heavy atom. The number of hydrogen-bond donors (Lipinski definition) is 1. The normalized spacial score (nSPS) is 10.6. The van der Waals surface area contributed by atoms with Crippen molar-refractivity contribution in [3.8, 4) is 5.75 Å². The first-order valence-corrected chi connectivity index (χ1v) is 6.12. The molecule has 0 aromatic carbocycles. The summed E-state index contributed by atoms with van der Waals surface area (Å²) >= 11 is 0. The van der Waals surface area contributed by atoms with Gasteiger partial charge in [-0.15, -0.1) is 0 Å². The van der Waals surface area contributed by atoms with Gasteiger partial charge in [-0.25, -0.2) is 9.97 Å². The highest BCUT2D eigenvalue weighted by Crippen LogP contribution is 2.06. The molecule has 1 aromatic heterocycles. The van der Waals surface area contributed by atoms with Crippen molar-refractivity contribution in [2.75, 3.05) is 38.6 Å². The molecule has 0 bridgehead atoms. The molecule has 0 amide bonds. The number of hydrogen-bond acceptors (Lipinski definition) is 5. The average Bonchev–Trinajstić information content (AvgIpc) is 2.38. The number of aromatic nitrogens is 2. The maximum Gasteiger partial charge on any atom is 0.222 e. The molecule has 1 N–H and O–H groups in total. The summed E-state index contributed by atoms with van der Waals surface area (Å²) in [6.45, 7) is 8.47. The van der Waals surface area contributed by atoms with Crippen molar-refractivity contribution in [1.82, 2.24) is 14.9 Å². The summed E-state index contributed by atoms with van der Waals surface area (Å²) in [5.74, 6) is 1.33. The third-order valence-corrected chi connectivity index (χ3v) is 2.56. The first-order chi connectivity index (χ1) is 8.30. The van der Waals surface area contributed by atoms with E-state index in [1.54, 1.807) is 19.5 Å². The Labute approximate surface area is 103 Å². The van der Waals surface area contributed by atoms with Crippen LogP contribution in [0.15, 0.2) is 12.4 Å². The fourth-order valence-corrected chi connectivity index (χ4v) is 1.58. The quantitative estimate of drug-likeness (QED) is 0.746. The molecule has 1 rings (SSSR count). The molecular formula is C12H22N4O. The first kappa shape index (κ1) is 13.7. The second-order valence-corrected chi connectivity index (χ2v) is 3.81. The highest BCUT2D eigenvalue weighted by molar-refractivity contribution is 5.26. The van der Waals surface area contributed by atoms with Gasteiger partial charge >= 0.3 is 0 Å². The van der Waals surface area contributed by atoms with Crippen molar-refractivity contribution in [2.45, 2.75) is 20.3 Å². The van der Waals surface area contributed by atoms with E-state index in [1.165, 1.54) is 6.42 Å². The van der Waals surface area contributed by atoms with Crippen LogP contribution >= 0.6 is 0 Å². The first-order valence-electron chi connectivity index (χ1n) is 6.12. The number of ether oxygens (including phenoxy) is 1. The maximum absolute atomic E-state index is 5.00. The molecule has 0 saturated carbocycles. The van der Waals surface area contributed by atoms with Crippen LogP contribution in [0, 0.1) is 0 Å². The molecule has 96 valence electrons. The maximum atomic E-state index is 5.00. The van der Waals surface area contributed by atoms with Crippen LogP contribution in [0.3, 0.4) is 0 Å². The molecule has 0 unspecified atom stereocenters. The standard InChI is InChI=1S/C12H22N4O/c1-4-7-16(5-2)8-6-13-12-14-9-11(17-3)10-15-12/h9-10H,4-8H2,1-3H3,(H,13,14,15). The monoisotopic (exact) mass is 238 g/mol. The predicted molar refractivity (Wildman–Crippen MR) is 69.5 cm³/mol. The van der Waals surface area contributed by atoms with Crippen LogP contribution in [0.25, 0.3) is 0 Å². The van der Waals surface area contributed by atoms with Gasteiger partial charge in [0.05, 0.1) is 19.5 Å². The van der Waals surface area contributed by atoms with Crippen molar-refractivity contribution in [1.29, 1.82) is 0 Å². The van der Waals surface area contributed by atoms with Gasteiger partial charge in [0.15, 0.2) is 5.75 Å². The minimum Gasteiger partial charge on any atom is -0.494 e. The summed E-state index contributed by atoms with van der Waals surface area (Å²) in [6.07, 6.45) is 4.52. The predicted octanol–water partition coefficient (Wildman–Crippen LogP) is 1.63. The van der Waals surface area contributed by atoms with E-state index >= 15 is 0 Å². The van der Waals surface area contributed by atoms with E-state index in [2.05, 4.69) is 34.0 Å². The molecule has 17 heavy (non-hydrogen) atoms. The lowest BCUT2D eigenvalue weighted by Crippen LogP contribution is -2.29. The van der Waals surface area contributed by atoms with Gasteiger partial charge in [0.2, 0.25) is 5.95 Å². The minimum atomic E-state index is 0.651. The summed E-state index contributed by atoms with van der Waals surface area (Å²) in [6, 6.07) is 0. The van der Waals surface area contributed by atoms with E-state index in [9.17, 15) is 0 Å². The highest BCUT2D eigenvalue weighted by Gasteiger charge is 2.01. The minimum absolute atomic E-state index is 0.651. The van der Waals surface area contributed by atoms with Crippen LogP contribution in [-0.4, -0.2) is 48.2 Å². The molecule has 1 heterocycles. The van der Waals surface area contributed by atoms with Crippen LogP contribution in [0.2, 0.25) is 0 Å². The zero-order valence-corrected chi connectivity index (χ0v) is 10.9. The second kappa shape index (κ2) is 7.84. The van der Waals surface area contributed by atoms with Gasteiger partial charge in [-0.2, -0.15) is 0 Å². The highest BCUT2D eigenvalue weighted by atomic mass is 16.5. The van der Waals surface area contributed by atoms with Crippen molar-refractivity contribution in [3.63, 3.8) is 0 Å². The molecule has 0 saturated heterocycles. The summed E-state index contributed by atoms with van der Waals surface area (Å²) in [4.78, 5) is 10.7. The van der Waals surface area contributed by atoms with Crippen LogP contribution in [0.1, 0.15) is 20.3 Å². The number of likely N-dealkylation sites (N-methyl/N-ethyl adjacent to an activating group) is 1. The lowest BCUT2D eigenvalue weighted by Gasteiger charge is -2.19. The van der Waals surface area contributed by atoms with Crippen molar-refractivity contribution in [2.24, 2.45) is 0 Å². The Balaban J connectivity index is 2.29. The fourth-order valence-electron chi connectivity index (χ4n) is 1.58. The second-order valence-electron chi connectivity index (χ2n) is 3.81. The van der Waals surface area contributed by atoms with E-state index in [0.717, 1.165) is 26.2 Å². The summed E-state index contributed by atoms with van der Waals surface area (Å²) < 4.78 is 5.00. The average molecular weight is 238 g/mol. The molecule has 0 spiro atoms. The molecule has 5 heteroatoms. The zero-order valence-electron chi connectivity index (χ0n) is 10.9. The summed E-state index contributed by atoms with van der Waals surface area (Å²) in [5.41, 5.74) is 0. The SMILES string of the molecule is CCCN(CC)CCNc1ncc(OC)cn1. The number of rotatable bonds is 8. The van der Waals surface area contributed by atoms with E-state index < -0.39 is 0 Å². The lowest BCUT2D eigenvalue weighted by molar-refractivity contribution is 0.300. The Hall–Kier alpha value is -1.36. The van der Waals surface area contributed by atoms with Crippen molar-refractivity contribution < 1.29 is 4.74 Å². The Bertz CT molecular complexity index is 302. The molecule has 5 nitrogen and oxygen atoms in total. The van der Waals surface area contributed by atoms with E-state index in [-0.39, 0.29) is 0 Å². The number of methoxy groups -OCH3 is 1. The summed E-state index contributed by atoms with van der Waals surface area (Å²) in [7, 11) is 1.61. The Morgan fingerprint density at radius 2 is 1.94 bits per heavy atom. The number of nitrogens with one attached hydrogen (secondary N) is 1. The van der Waals surface area contributed by atoms with E-state index in [0.29, 0.717) is 11.7 Å². The molecule has 0 aliphatic heterocycles. The van der Waals surface area contributed by atoms with Gasteiger partial charge in [-0.3, -0.25) is 0 Å². The molecule has 0 radical (unpaired) electrons. The van der Waals surface area contributed by atoms with Crippen LogP contribution in [-0.2, 0) is 0 Å². The Kier molecular flexibility index (Phi) is 6.32. The molecule has 0 aliphatic carbocycles. The fraction of sp³-hybridized carbons (Fsp3) is 0.667. The third-order valence-electron chi connectivity index (χ3n) is 2.56. The van der Waals surface area contributed by atoms with Gasteiger partial charge in [0.1, 0.15) is 0 Å². The van der Waals surface area contributed by atoms with Gasteiger partial charge < -0.3 is 15.0 Å². The van der Waals surface area contributed by atoms with Gasteiger partial charge in [0.25, 0.3) is 0 Å². The van der Waals surface area contributed by atoms with Crippen molar-refractivity contribution in [3.05, 3.63) is 12.4 Å². The van der Waals surface area contributed by atoms with Crippen LogP contribution < -0.4 is 10.1 Å². The molecular weight excluding hydrogens is 216 g/mol. The lowest BCUT2D eigenvalue weighted by atomic mass is 10.4. The molecule has 0 aliphatic rings. The van der Waals surface area contributed by atoms with E-state index in [4.69, 9.17) is 4.74 Å². The largest absolute Gasteiger partial charge is 0.494 e. The van der Waals surface area contributed by atoms with Crippen LogP contribution in [0.5, 0.6) is 5.75 Å². The van der Waals surface area contributed by atoms with E-state index in [1.807, 2.05) is 0 Å². The molecule has 0 fully saturated rings. The van der Waals surface area contributed by atoms with Gasteiger partial charge in [-0.1, -0.05) is 13.8 Å². The third kappa shape index (κ3) is 4.99. The smallest absolute Gasteiger partial charge is 0.222 e. The summed E-state index contributed by atoms with van der Waals surface area (Å²) in [5, 5.41) is 3.20. The van der Waals surface area contributed by atoms with Gasteiger partial charge in [0, 0.05) is 13.1 Å². The zero-order chi connectivity index (χ0) is 12.5. The number of anilines is 1. The molecule has 0 atom stereocenters. The van der Waals surface area contributed by atoms with Crippen LogP contribution in [0.4, 0.5) is 5.95 Å². The molecule has 1 aromatic rings. The van der Waals surface area contributed by atoms with Gasteiger partial charge in [-0.05, 0) is 19.5 Å². The topological polar surface area (TPSA) is 50.3 Å².